The van der Waals surface area contributed by atoms with Crippen LogP contribution < -0.4 is 0 Å². The number of aliphatic hydroxyl groups is 5. The molecule has 0 unspecified atom stereocenters. The van der Waals surface area contributed by atoms with Crippen LogP contribution in [0.3, 0.4) is 0 Å². The van der Waals surface area contributed by atoms with E-state index in [4.69, 9.17) is 18.9 Å². The summed E-state index contributed by atoms with van der Waals surface area (Å²) < 4.78 is 21.7. The molecular weight excluding hydrogens is 524 g/mol. The van der Waals surface area contributed by atoms with Crippen LogP contribution in [0.25, 0.3) is 6.08 Å². The van der Waals surface area contributed by atoms with Gasteiger partial charge in [-0.2, -0.15) is 0 Å². The molecule has 2 aliphatic heterocycles. The summed E-state index contributed by atoms with van der Waals surface area (Å²) in [6.07, 6.45) is -7.94. The van der Waals surface area contributed by atoms with Crippen molar-refractivity contribution >= 4 is 18.0 Å². The summed E-state index contributed by atoms with van der Waals surface area (Å²) in [6.45, 7) is 0.713. The standard InChI is InChI=1S/C25H30O14/c1-25(35)16(28)7-11-12(22(33)34)8-37-23(18(11)25)39-24-21(32)20(31)19(30)15(38-24)9-36-17(29)5-3-10-2-4-13(26)14(27)6-10/h2-6,8,11,15-16,18-21,23-24,26-28,30-32,35H,7,9H2,1H3,(H,33,34)/t11-,15-,16+,18-,19-,20+,21-,23+,24+,25+/m1/s1. The zero-order chi connectivity index (χ0) is 28.6. The number of fused-ring (bicyclic) bond motifs is 1. The van der Waals surface area contributed by atoms with Crippen LogP contribution in [-0.2, 0) is 28.5 Å². The fraction of sp³-hybridized carbons (Fsp3) is 0.520. The van der Waals surface area contributed by atoms with E-state index in [-0.39, 0.29) is 23.5 Å². The molecule has 0 bridgehead atoms. The summed E-state index contributed by atoms with van der Waals surface area (Å²) in [5.41, 5.74) is -1.64. The van der Waals surface area contributed by atoms with Crippen LogP contribution >= 0.6 is 0 Å². The Morgan fingerprint density at radius 3 is 2.46 bits per heavy atom. The summed E-state index contributed by atoms with van der Waals surface area (Å²) in [7, 11) is 0. The van der Waals surface area contributed by atoms with Crippen LogP contribution in [0.4, 0.5) is 0 Å². The van der Waals surface area contributed by atoms with Gasteiger partial charge in [-0.05, 0) is 37.1 Å². The lowest BCUT2D eigenvalue weighted by Gasteiger charge is -2.44. The molecule has 214 valence electrons. The highest BCUT2D eigenvalue weighted by Crippen LogP contribution is 2.49. The Labute approximate surface area is 221 Å². The predicted molar refractivity (Wildman–Crippen MR) is 126 cm³/mol. The maximum absolute atomic E-state index is 12.1. The van der Waals surface area contributed by atoms with Gasteiger partial charge in [-0.15, -0.1) is 0 Å². The predicted octanol–water partition coefficient (Wildman–Crippen LogP) is -1.45. The van der Waals surface area contributed by atoms with E-state index in [0.717, 1.165) is 12.3 Å². The molecule has 39 heavy (non-hydrogen) atoms. The van der Waals surface area contributed by atoms with Gasteiger partial charge < -0.3 is 59.8 Å². The number of esters is 1. The van der Waals surface area contributed by atoms with Gasteiger partial charge in [0.15, 0.2) is 17.8 Å². The minimum atomic E-state index is -1.84. The number of benzene rings is 1. The third kappa shape index (κ3) is 5.72. The number of aliphatic hydroxyl groups excluding tert-OH is 4. The molecule has 3 aliphatic rings. The fourth-order valence-corrected chi connectivity index (χ4v) is 5.00. The summed E-state index contributed by atoms with van der Waals surface area (Å²) in [5.74, 6) is -4.86. The lowest BCUT2D eigenvalue weighted by molar-refractivity contribution is -0.347. The largest absolute Gasteiger partial charge is 0.504 e. The molecule has 1 saturated carbocycles. The highest BCUT2D eigenvalue weighted by atomic mass is 16.8. The number of carboxylic acid groups (broad SMARTS) is 1. The molecule has 1 aliphatic carbocycles. The van der Waals surface area contributed by atoms with Crippen molar-refractivity contribution in [3.05, 3.63) is 41.7 Å². The normalized spacial score (nSPS) is 38.1. The maximum atomic E-state index is 12.1. The Morgan fingerprint density at radius 2 is 1.79 bits per heavy atom. The number of aromatic hydroxyl groups is 2. The number of carboxylic acids is 1. The monoisotopic (exact) mass is 554 g/mol. The first-order valence-corrected chi connectivity index (χ1v) is 12.0. The van der Waals surface area contributed by atoms with Crippen molar-refractivity contribution in [2.24, 2.45) is 11.8 Å². The molecule has 2 fully saturated rings. The Morgan fingerprint density at radius 1 is 1.08 bits per heavy atom. The van der Waals surface area contributed by atoms with Crippen molar-refractivity contribution < 1.29 is 69.4 Å². The van der Waals surface area contributed by atoms with Crippen molar-refractivity contribution in [1.29, 1.82) is 0 Å². The quantitative estimate of drug-likeness (QED) is 0.109. The maximum Gasteiger partial charge on any atom is 0.334 e. The number of hydrogen-bond acceptors (Lipinski definition) is 13. The summed E-state index contributed by atoms with van der Waals surface area (Å²) in [5, 5.41) is 80.7. The van der Waals surface area contributed by atoms with Gasteiger partial charge in [0.2, 0.25) is 6.29 Å². The molecule has 0 aromatic heterocycles. The molecule has 10 atom stereocenters. The highest BCUT2D eigenvalue weighted by molar-refractivity contribution is 5.87. The first-order chi connectivity index (χ1) is 18.3. The minimum absolute atomic E-state index is 0.0930. The molecule has 0 spiro atoms. The third-order valence-electron chi connectivity index (χ3n) is 7.27. The van der Waals surface area contributed by atoms with E-state index in [2.05, 4.69) is 0 Å². The molecular formula is C25H30O14. The molecule has 4 rings (SSSR count). The van der Waals surface area contributed by atoms with E-state index < -0.39 is 79.1 Å². The van der Waals surface area contributed by atoms with Gasteiger partial charge in [-0.1, -0.05) is 6.07 Å². The summed E-state index contributed by atoms with van der Waals surface area (Å²) >= 11 is 0. The van der Waals surface area contributed by atoms with Crippen molar-refractivity contribution in [3.8, 4) is 11.5 Å². The van der Waals surface area contributed by atoms with Gasteiger partial charge in [0.05, 0.1) is 29.5 Å². The van der Waals surface area contributed by atoms with Crippen LogP contribution in [0.5, 0.6) is 11.5 Å². The van der Waals surface area contributed by atoms with Crippen molar-refractivity contribution in [2.45, 2.75) is 62.0 Å². The van der Waals surface area contributed by atoms with Crippen LogP contribution in [0.2, 0.25) is 0 Å². The first-order valence-electron chi connectivity index (χ1n) is 12.0. The second kappa shape index (κ2) is 11.1. The zero-order valence-electron chi connectivity index (χ0n) is 20.6. The Hall–Kier alpha value is -3.24. The molecule has 8 N–H and O–H groups in total. The Balaban J connectivity index is 1.43. The van der Waals surface area contributed by atoms with Crippen LogP contribution in [0, 0.1) is 11.8 Å². The molecule has 14 heteroatoms. The zero-order valence-corrected chi connectivity index (χ0v) is 20.6. The minimum Gasteiger partial charge on any atom is -0.504 e. The number of hydrogen-bond donors (Lipinski definition) is 8. The lowest BCUT2D eigenvalue weighted by atomic mass is 9.81. The van der Waals surface area contributed by atoms with Crippen molar-refractivity contribution in [3.63, 3.8) is 0 Å². The number of ether oxygens (including phenoxy) is 4. The van der Waals surface area contributed by atoms with E-state index in [0.29, 0.717) is 5.56 Å². The molecule has 0 amide bonds. The number of phenolic OH excluding ortho intramolecular Hbond substituents is 2. The number of carbonyl (C=O) groups is 2. The van der Waals surface area contributed by atoms with Gasteiger partial charge in [-0.3, -0.25) is 0 Å². The van der Waals surface area contributed by atoms with Gasteiger partial charge in [0.25, 0.3) is 0 Å². The van der Waals surface area contributed by atoms with E-state index in [1.807, 2.05) is 0 Å². The van der Waals surface area contributed by atoms with Gasteiger partial charge in [0.1, 0.15) is 31.0 Å². The SMILES string of the molecule is C[C@@]1(O)[C@H]2[C@H](O[C@@H]3O[C@H](COC(=O)C=Cc4ccc(O)c(O)c4)[C@@H](O)[C@H](O)[C@H]3O)OC=C(C(=O)O)[C@H]2C[C@@H]1O. The third-order valence-corrected chi connectivity index (χ3v) is 7.27. The highest BCUT2D eigenvalue weighted by Gasteiger charge is 2.59. The molecule has 2 heterocycles. The summed E-state index contributed by atoms with van der Waals surface area (Å²) in [4.78, 5) is 23.8. The average Bonchev–Trinajstić information content (AvgIpc) is 3.12. The molecule has 14 nitrogen and oxygen atoms in total. The fourth-order valence-electron chi connectivity index (χ4n) is 5.00. The molecule has 1 aromatic rings. The van der Waals surface area contributed by atoms with Crippen LogP contribution in [0.1, 0.15) is 18.9 Å². The first kappa shape index (κ1) is 28.8. The van der Waals surface area contributed by atoms with Gasteiger partial charge >= 0.3 is 11.9 Å². The van der Waals surface area contributed by atoms with Crippen LogP contribution in [-0.4, -0.2) is 108 Å². The van der Waals surface area contributed by atoms with E-state index in [1.165, 1.54) is 31.2 Å². The van der Waals surface area contributed by atoms with Crippen LogP contribution in [0.15, 0.2) is 36.1 Å². The number of rotatable bonds is 7. The van der Waals surface area contributed by atoms with Gasteiger partial charge in [-0.25, -0.2) is 9.59 Å². The number of carbonyl (C=O) groups excluding carboxylic acids is 1. The van der Waals surface area contributed by atoms with Gasteiger partial charge in [0, 0.05) is 12.0 Å². The Kier molecular flexibility index (Phi) is 8.18. The second-order valence-electron chi connectivity index (χ2n) is 9.85. The average molecular weight is 555 g/mol. The Bertz CT molecular complexity index is 1150. The molecule has 1 saturated heterocycles. The lowest BCUT2D eigenvalue weighted by Crippen LogP contribution is -2.61. The van der Waals surface area contributed by atoms with E-state index in [1.54, 1.807) is 0 Å². The van der Waals surface area contributed by atoms with Crippen molar-refractivity contribution in [2.75, 3.05) is 6.61 Å². The molecule has 0 radical (unpaired) electrons. The van der Waals surface area contributed by atoms with E-state index >= 15 is 0 Å². The number of aliphatic carboxylic acids is 1. The summed E-state index contributed by atoms with van der Waals surface area (Å²) in [6, 6.07) is 3.86. The van der Waals surface area contributed by atoms with E-state index in [9.17, 15) is 50.4 Å². The smallest absolute Gasteiger partial charge is 0.334 e. The second-order valence-corrected chi connectivity index (χ2v) is 9.85. The molecule has 1 aromatic carbocycles. The van der Waals surface area contributed by atoms with Crippen molar-refractivity contribution in [1.82, 2.24) is 0 Å². The topological polar surface area (TPSA) is 233 Å². The number of phenols is 2.